The van der Waals surface area contributed by atoms with Crippen LogP contribution in [0.4, 0.5) is 0 Å². The Morgan fingerprint density at radius 1 is 1.29 bits per heavy atom. The van der Waals surface area contributed by atoms with E-state index in [1.165, 1.54) is 11.1 Å². The van der Waals surface area contributed by atoms with Crippen LogP contribution in [-0.2, 0) is 19.4 Å². The van der Waals surface area contributed by atoms with Gasteiger partial charge in [0.15, 0.2) is 17.5 Å². The average molecular weight is 497 g/mol. The van der Waals surface area contributed by atoms with E-state index in [2.05, 4.69) is 28.9 Å². The van der Waals surface area contributed by atoms with Crippen LogP contribution in [0.3, 0.4) is 0 Å². The average Bonchev–Trinajstić information content (AvgIpc) is 3.22. The van der Waals surface area contributed by atoms with E-state index < -0.39 is 0 Å². The largest absolute Gasteiger partial charge is 0.493 e. The van der Waals surface area contributed by atoms with Crippen LogP contribution in [0.5, 0.6) is 11.5 Å². The van der Waals surface area contributed by atoms with E-state index >= 15 is 0 Å². The van der Waals surface area contributed by atoms with Gasteiger partial charge in [0.05, 0.1) is 20.5 Å². The minimum atomic E-state index is 0. The highest BCUT2D eigenvalue weighted by Crippen LogP contribution is 2.33. The van der Waals surface area contributed by atoms with Gasteiger partial charge in [-0.1, -0.05) is 6.08 Å². The van der Waals surface area contributed by atoms with Crippen LogP contribution in [0.25, 0.3) is 0 Å². The summed E-state index contributed by atoms with van der Waals surface area (Å²) in [6.45, 7) is 6.81. The van der Waals surface area contributed by atoms with Crippen LogP contribution in [0.2, 0.25) is 0 Å². The maximum Gasteiger partial charge on any atom is 0.194 e. The van der Waals surface area contributed by atoms with Crippen LogP contribution in [0, 0.1) is 0 Å². The van der Waals surface area contributed by atoms with Crippen LogP contribution in [0.15, 0.2) is 52.6 Å². The number of hydrogen-bond acceptors (Lipinski definition) is 4. The Hall–Kier alpha value is -2.16. The SMILES string of the molecule is C=CCNC(=NCCc1ccco1)N1CCc2cc(OC)c(OC)cc2C1.I. The van der Waals surface area contributed by atoms with Crippen LogP contribution in [-0.4, -0.2) is 44.7 Å². The second-order valence-corrected chi connectivity index (χ2v) is 6.35. The summed E-state index contributed by atoms with van der Waals surface area (Å²) in [7, 11) is 3.33. The number of benzene rings is 1. The summed E-state index contributed by atoms with van der Waals surface area (Å²) in [6, 6.07) is 8.02. The van der Waals surface area contributed by atoms with Gasteiger partial charge >= 0.3 is 0 Å². The van der Waals surface area contributed by atoms with Crippen molar-refractivity contribution in [2.45, 2.75) is 19.4 Å². The van der Waals surface area contributed by atoms with Gasteiger partial charge in [0, 0.05) is 32.6 Å². The van der Waals surface area contributed by atoms with Crippen LogP contribution >= 0.6 is 24.0 Å². The lowest BCUT2D eigenvalue weighted by atomic mass is 9.99. The van der Waals surface area contributed by atoms with E-state index in [-0.39, 0.29) is 24.0 Å². The first-order valence-electron chi connectivity index (χ1n) is 9.15. The van der Waals surface area contributed by atoms with E-state index in [0.717, 1.165) is 49.1 Å². The molecule has 0 fully saturated rings. The highest BCUT2D eigenvalue weighted by atomic mass is 127. The molecule has 2 aromatic rings. The Bertz CT molecular complexity index is 790. The number of aliphatic imine (C=N–C) groups is 1. The van der Waals surface area contributed by atoms with Crippen LogP contribution in [0.1, 0.15) is 16.9 Å². The van der Waals surface area contributed by atoms with Crippen molar-refractivity contribution in [3.05, 3.63) is 60.1 Å². The van der Waals surface area contributed by atoms with Gasteiger partial charge in [-0.2, -0.15) is 0 Å². The monoisotopic (exact) mass is 497 g/mol. The molecule has 152 valence electrons. The minimum Gasteiger partial charge on any atom is -0.493 e. The second kappa shape index (κ2) is 11.0. The van der Waals surface area contributed by atoms with Gasteiger partial charge in [-0.05, 0) is 41.8 Å². The standard InChI is InChI=1S/C21H27N3O3.HI/c1-4-9-22-21(23-10-7-18-6-5-12-27-18)24-11-8-16-13-19(25-2)20(26-3)14-17(16)15-24;/h4-6,12-14H,1,7-11,15H2,2-3H3,(H,22,23);1H. The molecule has 0 amide bonds. The third-order valence-corrected chi connectivity index (χ3v) is 4.62. The topological polar surface area (TPSA) is 59.2 Å². The first kappa shape index (κ1) is 22.1. The molecule has 7 heteroatoms. The van der Waals surface area contributed by atoms with Crippen molar-refractivity contribution < 1.29 is 13.9 Å². The van der Waals surface area contributed by atoms with Crippen molar-refractivity contribution in [1.29, 1.82) is 0 Å². The molecule has 1 aromatic heterocycles. The Labute approximate surface area is 183 Å². The zero-order chi connectivity index (χ0) is 19.1. The molecule has 28 heavy (non-hydrogen) atoms. The summed E-state index contributed by atoms with van der Waals surface area (Å²) in [5.41, 5.74) is 2.53. The van der Waals surface area contributed by atoms with Gasteiger partial charge in [0.1, 0.15) is 5.76 Å². The van der Waals surface area contributed by atoms with Crippen molar-refractivity contribution in [2.24, 2.45) is 4.99 Å². The van der Waals surface area contributed by atoms with E-state index in [1.54, 1.807) is 20.5 Å². The summed E-state index contributed by atoms with van der Waals surface area (Å²) in [4.78, 5) is 7.04. The van der Waals surface area contributed by atoms with Gasteiger partial charge in [-0.3, -0.25) is 4.99 Å². The molecule has 0 unspecified atom stereocenters. The fourth-order valence-corrected chi connectivity index (χ4v) is 3.22. The molecule has 3 rings (SSSR count). The fourth-order valence-electron chi connectivity index (χ4n) is 3.22. The number of fused-ring (bicyclic) bond motifs is 1. The maximum atomic E-state index is 5.46. The molecule has 0 aliphatic carbocycles. The van der Waals surface area contributed by atoms with Crippen molar-refractivity contribution in [1.82, 2.24) is 10.2 Å². The Morgan fingerprint density at radius 3 is 2.68 bits per heavy atom. The number of rotatable bonds is 7. The van der Waals surface area contributed by atoms with Gasteiger partial charge < -0.3 is 24.1 Å². The Kier molecular flexibility index (Phi) is 8.69. The zero-order valence-electron chi connectivity index (χ0n) is 16.4. The zero-order valence-corrected chi connectivity index (χ0v) is 18.8. The second-order valence-electron chi connectivity index (χ2n) is 6.35. The lowest BCUT2D eigenvalue weighted by molar-refractivity contribution is 0.346. The first-order valence-corrected chi connectivity index (χ1v) is 9.15. The third kappa shape index (κ3) is 5.43. The highest BCUT2D eigenvalue weighted by molar-refractivity contribution is 14.0. The molecule has 0 saturated heterocycles. The molecule has 1 aliphatic heterocycles. The molecule has 0 spiro atoms. The number of furan rings is 1. The molecular formula is C21H28IN3O3. The molecule has 0 saturated carbocycles. The fraction of sp³-hybridized carbons (Fsp3) is 0.381. The minimum absolute atomic E-state index is 0. The molecule has 1 aliphatic rings. The summed E-state index contributed by atoms with van der Waals surface area (Å²) >= 11 is 0. The molecule has 0 bridgehead atoms. The van der Waals surface area contributed by atoms with E-state index in [0.29, 0.717) is 13.1 Å². The number of nitrogens with zero attached hydrogens (tertiary/aromatic N) is 2. The number of methoxy groups -OCH3 is 2. The smallest absolute Gasteiger partial charge is 0.194 e. The van der Waals surface area contributed by atoms with Crippen molar-refractivity contribution in [3.63, 3.8) is 0 Å². The molecule has 6 nitrogen and oxygen atoms in total. The molecule has 2 heterocycles. The lowest BCUT2D eigenvalue weighted by Crippen LogP contribution is -2.44. The number of nitrogens with one attached hydrogen (secondary N) is 1. The van der Waals surface area contributed by atoms with E-state index in [1.807, 2.05) is 18.2 Å². The van der Waals surface area contributed by atoms with Gasteiger partial charge in [-0.25, -0.2) is 0 Å². The number of ether oxygens (including phenoxy) is 2. The number of guanidine groups is 1. The van der Waals surface area contributed by atoms with Crippen LogP contribution < -0.4 is 14.8 Å². The maximum absolute atomic E-state index is 5.46. The molecule has 1 N–H and O–H groups in total. The predicted octanol–water partition coefficient (Wildman–Crippen LogP) is 3.65. The van der Waals surface area contributed by atoms with E-state index in [4.69, 9.17) is 18.9 Å². The van der Waals surface area contributed by atoms with Crippen molar-refractivity contribution >= 4 is 29.9 Å². The van der Waals surface area contributed by atoms with Crippen molar-refractivity contribution in [3.8, 4) is 11.5 Å². The van der Waals surface area contributed by atoms with E-state index in [9.17, 15) is 0 Å². The third-order valence-electron chi connectivity index (χ3n) is 4.62. The van der Waals surface area contributed by atoms with Gasteiger partial charge in [0.25, 0.3) is 0 Å². The van der Waals surface area contributed by atoms with Gasteiger partial charge in [-0.15, -0.1) is 30.6 Å². The quantitative estimate of drug-likeness (QED) is 0.274. The Balaban J connectivity index is 0.00000280. The van der Waals surface area contributed by atoms with Gasteiger partial charge in [0.2, 0.25) is 0 Å². The number of halogens is 1. The predicted molar refractivity (Wildman–Crippen MR) is 122 cm³/mol. The lowest BCUT2D eigenvalue weighted by Gasteiger charge is -2.32. The summed E-state index contributed by atoms with van der Waals surface area (Å²) in [5, 5.41) is 3.37. The molecule has 0 atom stereocenters. The molecule has 0 radical (unpaired) electrons. The molecule has 1 aromatic carbocycles. The number of hydrogen-bond donors (Lipinski definition) is 1. The molecular weight excluding hydrogens is 469 g/mol. The normalized spacial score (nSPS) is 13.4. The summed E-state index contributed by atoms with van der Waals surface area (Å²) < 4.78 is 16.3. The summed E-state index contributed by atoms with van der Waals surface area (Å²) in [5.74, 6) is 3.37. The van der Waals surface area contributed by atoms with Crippen molar-refractivity contribution in [2.75, 3.05) is 33.9 Å². The Morgan fingerprint density at radius 2 is 2.04 bits per heavy atom. The first-order chi connectivity index (χ1) is 13.2. The summed E-state index contributed by atoms with van der Waals surface area (Å²) in [6.07, 6.45) is 5.25. The highest BCUT2D eigenvalue weighted by Gasteiger charge is 2.21.